The van der Waals surface area contributed by atoms with Gasteiger partial charge >= 0.3 is 5.97 Å². The lowest BCUT2D eigenvalue weighted by atomic mass is 9.96. The number of nitrogens with one attached hydrogen (secondary N) is 1. The van der Waals surface area contributed by atoms with Crippen LogP contribution in [0.3, 0.4) is 0 Å². The fourth-order valence-electron chi connectivity index (χ4n) is 3.63. The number of ether oxygens (including phenoxy) is 1. The van der Waals surface area contributed by atoms with Gasteiger partial charge in [-0.2, -0.15) is 0 Å². The number of halogens is 1. The highest BCUT2D eigenvalue weighted by Gasteiger charge is 2.27. The highest BCUT2D eigenvalue weighted by molar-refractivity contribution is 9.10. The number of nitrogens with zero attached hydrogens (tertiary/aromatic N) is 2. The minimum atomic E-state index is -0.950. The minimum absolute atomic E-state index is 0.389. The fraction of sp³-hybridized carbons (Fsp3) is 0.261. The van der Waals surface area contributed by atoms with Crippen molar-refractivity contribution in [1.29, 1.82) is 0 Å². The summed E-state index contributed by atoms with van der Waals surface area (Å²) in [5.41, 5.74) is 3.69. The number of anilines is 1. The number of para-hydroxylation sites is 2. The van der Waals surface area contributed by atoms with Gasteiger partial charge in [-0.05, 0) is 48.1 Å². The molecule has 7 heteroatoms. The van der Waals surface area contributed by atoms with Gasteiger partial charge < -0.3 is 15.0 Å². The molecule has 1 aliphatic heterocycles. The van der Waals surface area contributed by atoms with Crippen molar-refractivity contribution in [1.82, 2.24) is 9.88 Å². The molecule has 1 atom stereocenters. The summed E-state index contributed by atoms with van der Waals surface area (Å²) in [6.07, 6.45) is -0.178. The quantitative estimate of drug-likeness (QED) is 0.583. The molecule has 1 aliphatic rings. The maximum Gasteiger partial charge on any atom is 0.339 e. The van der Waals surface area contributed by atoms with Gasteiger partial charge in [0.1, 0.15) is 0 Å². The van der Waals surface area contributed by atoms with Gasteiger partial charge in [0.05, 0.1) is 16.8 Å². The molecule has 0 saturated heterocycles. The van der Waals surface area contributed by atoms with Crippen molar-refractivity contribution in [3.05, 3.63) is 69.8 Å². The van der Waals surface area contributed by atoms with Gasteiger partial charge in [-0.3, -0.25) is 9.78 Å². The Kier molecular flexibility index (Phi) is 5.83. The van der Waals surface area contributed by atoms with Crippen molar-refractivity contribution in [3.8, 4) is 0 Å². The van der Waals surface area contributed by atoms with Crippen LogP contribution in [0.2, 0.25) is 0 Å². The fourth-order valence-corrected chi connectivity index (χ4v) is 4.01. The van der Waals surface area contributed by atoms with Crippen LogP contribution >= 0.6 is 15.9 Å². The van der Waals surface area contributed by atoms with E-state index >= 15 is 0 Å². The average molecular weight is 468 g/mol. The summed E-state index contributed by atoms with van der Waals surface area (Å²) in [6, 6.07) is 14.8. The second kappa shape index (κ2) is 8.53. The molecule has 0 aliphatic carbocycles. The molecular weight excluding hydrogens is 446 g/mol. The van der Waals surface area contributed by atoms with E-state index in [9.17, 15) is 9.59 Å². The minimum Gasteiger partial charge on any atom is -0.449 e. The van der Waals surface area contributed by atoms with Gasteiger partial charge in [0, 0.05) is 40.6 Å². The van der Waals surface area contributed by atoms with Crippen LogP contribution in [0, 0.1) is 0 Å². The number of aromatic nitrogens is 1. The van der Waals surface area contributed by atoms with E-state index in [0.717, 1.165) is 39.6 Å². The van der Waals surface area contributed by atoms with Gasteiger partial charge in [-0.15, -0.1) is 0 Å². The maximum absolute atomic E-state index is 13.2. The molecule has 0 saturated carbocycles. The van der Waals surface area contributed by atoms with Crippen molar-refractivity contribution >= 4 is 44.4 Å². The van der Waals surface area contributed by atoms with Crippen molar-refractivity contribution in [2.24, 2.45) is 0 Å². The molecule has 1 N–H and O–H groups in total. The number of pyridine rings is 1. The molecule has 2 aromatic carbocycles. The summed E-state index contributed by atoms with van der Waals surface area (Å²) in [5, 5.41) is 3.54. The van der Waals surface area contributed by atoms with E-state index in [1.165, 1.54) is 0 Å². The third kappa shape index (κ3) is 4.08. The first-order valence-electron chi connectivity index (χ1n) is 9.79. The summed E-state index contributed by atoms with van der Waals surface area (Å²) in [5.74, 6) is -0.894. The number of benzene rings is 2. The van der Waals surface area contributed by atoms with Gasteiger partial charge in [0.2, 0.25) is 0 Å². The molecule has 2 heterocycles. The van der Waals surface area contributed by atoms with E-state index in [4.69, 9.17) is 9.72 Å². The van der Waals surface area contributed by atoms with Crippen molar-refractivity contribution < 1.29 is 14.3 Å². The molecular formula is C23H22BrN3O3. The van der Waals surface area contributed by atoms with E-state index in [1.54, 1.807) is 13.0 Å². The first-order valence-corrected chi connectivity index (χ1v) is 10.6. The Morgan fingerprint density at radius 1 is 1.17 bits per heavy atom. The smallest absolute Gasteiger partial charge is 0.339 e. The summed E-state index contributed by atoms with van der Waals surface area (Å²) in [6.45, 7) is 3.08. The molecule has 30 heavy (non-hydrogen) atoms. The second-order valence-corrected chi connectivity index (χ2v) is 8.29. The molecule has 0 radical (unpaired) electrons. The van der Waals surface area contributed by atoms with Crippen LogP contribution < -0.4 is 5.32 Å². The third-order valence-corrected chi connectivity index (χ3v) is 5.92. The molecule has 6 nitrogen and oxygen atoms in total. The van der Waals surface area contributed by atoms with Crippen molar-refractivity contribution in [2.45, 2.75) is 26.0 Å². The molecule has 1 aromatic heterocycles. The number of fused-ring (bicyclic) bond motifs is 2. The number of hydrogen-bond donors (Lipinski definition) is 1. The van der Waals surface area contributed by atoms with E-state index < -0.39 is 12.1 Å². The predicted molar refractivity (Wildman–Crippen MR) is 119 cm³/mol. The molecule has 1 amide bonds. The predicted octanol–water partition coefficient (Wildman–Crippen LogP) is 4.17. The summed E-state index contributed by atoms with van der Waals surface area (Å²) in [7, 11) is 2.01. The number of esters is 1. The topological polar surface area (TPSA) is 71.5 Å². The lowest BCUT2D eigenvalue weighted by molar-refractivity contribution is -0.123. The number of hydrogen-bond acceptors (Lipinski definition) is 5. The zero-order valence-corrected chi connectivity index (χ0v) is 18.4. The van der Waals surface area contributed by atoms with Crippen LogP contribution in [0.25, 0.3) is 10.9 Å². The van der Waals surface area contributed by atoms with Gasteiger partial charge in [-0.25, -0.2) is 4.79 Å². The van der Waals surface area contributed by atoms with Gasteiger partial charge in [0.25, 0.3) is 5.91 Å². The van der Waals surface area contributed by atoms with Crippen LogP contribution in [-0.2, 0) is 22.5 Å². The van der Waals surface area contributed by atoms with E-state index in [1.807, 2.05) is 49.5 Å². The number of carbonyl (C=O) groups is 2. The number of amides is 1. The Morgan fingerprint density at radius 2 is 1.90 bits per heavy atom. The molecule has 0 spiro atoms. The second-order valence-electron chi connectivity index (χ2n) is 7.43. The SMILES string of the molecule is CC(OC(=O)c1c2c(nc3ccccc13)CCN(C)C2)C(=O)Nc1ccccc1Br. The zero-order chi connectivity index (χ0) is 21.3. The largest absolute Gasteiger partial charge is 0.449 e. The Labute approximate surface area is 183 Å². The molecule has 1 unspecified atom stereocenters. The number of likely N-dealkylation sites (N-methyl/N-ethyl adjacent to an activating group) is 1. The first kappa shape index (κ1) is 20.5. The molecule has 4 rings (SSSR count). The first-order chi connectivity index (χ1) is 14.4. The monoisotopic (exact) mass is 467 g/mol. The number of carbonyl (C=O) groups excluding carboxylic acids is 2. The van der Waals surface area contributed by atoms with E-state index in [2.05, 4.69) is 26.1 Å². The highest BCUT2D eigenvalue weighted by atomic mass is 79.9. The van der Waals surface area contributed by atoms with Crippen LogP contribution in [0.15, 0.2) is 53.0 Å². The van der Waals surface area contributed by atoms with Crippen LogP contribution in [0.5, 0.6) is 0 Å². The van der Waals surface area contributed by atoms with Crippen LogP contribution in [0.4, 0.5) is 5.69 Å². The Hall–Kier alpha value is -2.77. The lowest BCUT2D eigenvalue weighted by Crippen LogP contribution is -2.32. The Balaban J connectivity index is 1.62. The highest BCUT2D eigenvalue weighted by Crippen LogP contribution is 2.29. The third-order valence-electron chi connectivity index (χ3n) is 5.23. The van der Waals surface area contributed by atoms with Crippen LogP contribution in [-0.4, -0.2) is 41.5 Å². The summed E-state index contributed by atoms with van der Waals surface area (Å²) in [4.78, 5) is 32.7. The average Bonchev–Trinajstić information content (AvgIpc) is 2.73. The summed E-state index contributed by atoms with van der Waals surface area (Å²) < 4.78 is 6.37. The number of rotatable bonds is 4. The Bertz CT molecular complexity index is 1130. The van der Waals surface area contributed by atoms with E-state index in [0.29, 0.717) is 17.8 Å². The molecule has 154 valence electrons. The molecule has 0 fully saturated rings. The Morgan fingerprint density at radius 3 is 2.70 bits per heavy atom. The van der Waals surface area contributed by atoms with Crippen LogP contribution in [0.1, 0.15) is 28.5 Å². The standard InChI is InChI=1S/C23H22BrN3O3/c1-14(22(28)26-20-10-6-4-8-17(20)24)30-23(29)21-15-7-3-5-9-18(15)25-19-11-12-27(2)13-16(19)21/h3-10,14H,11-13H2,1-2H3,(H,26,28). The van der Waals surface area contributed by atoms with Crippen molar-refractivity contribution in [3.63, 3.8) is 0 Å². The van der Waals surface area contributed by atoms with Crippen molar-refractivity contribution in [2.75, 3.05) is 18.9 Å². The maximum atomic E-state index is 13.2. The zero-order valence-electron chi connectivity index (χ0n) is 16.8. The summed E-state index contributed by atoms with van der Waals surface area (Å²) >= 11 is 3.40. The normalized spacial score (nSPS) is 14.8. The molecule has 0 bridgehead atoms. The lowest BCUT2D eigenvalue weighted by Gasteiger charge is -2.27. The molecule has 3 aromatic rings. The van der Waals surface area contributed by atoms with Gasteiger partial charge in [0.15, 0.2) is 6.10 Å². The van der Waals surface area contributed by atoms with Gasteiger partial charge in [-0.1, -0.05) is 30.3 Å². The van der Waals surface area contributed by atoms with E-state index in [-0.39, 0.29) is 5.91 Å².